The van der Waals surface area contributed by atoms with Gasteiger partial charge >= 0.3 is 0 Å². The van der Waals surface area contributed by atoms with E-state index in [1.54, 1.807) is 18.4 Å². The van der Waals surface area contributed by atoms with Crippen LogP contribution in [-0.2, 0) is 14.6 Å². The van der Waals surface area contributed by atoms with Gasteiger partial charge in [0.2, 0.25) is 0 Å². The zero-order valence-electron chi connectivity index (χ0n) is 15.3. The highest BCUT2D eigenvalue weighted by molar-refractivity contribution is 14.0. The molecule has 0 saturated carbocycles. The molecule has 0 amide bonds. The van der Waals surface area contributed by atoms with Crippen molar-refractivity contribution in [1.29, 1.82) is 0 Å². The largest absolute Gasteiger partial charge is 0.386 e. The molecule has 0 bridgehead atoms. The number of guanidine groups is 1. The van der Waals surface area contributed by atoms with Gasteiger partial charge in [0, 0.05) is 36.0 Å². The molecule has 0 aliphatic rings. The molecule has 1 heterocycles. The summed E-state index contributed by atoms with van der Waals surface area (Å²) in [5.74, 6) is 0.568. The Morgan fingerprint density at radius 2 is 2.04 bits per heavy atom. The Kier molecular flexibility index (Phi) is 10.5. The first-order chi connectivity index (χ1) is 12.4. The molecule has 1 atom stereocenters. The molecular weight excluding hydrogens is 501 g/mol. The van der Waals surface area contributed by atoms with E-state index in [9.17, 15) is 13.5 Å². The third kappa shape index (κ3) is 8.73. The van der Waals surface area contributed by atoms with Crippen molar-refractivity contribution in [2.45, 2.75) is 6.10 Å². The number of fused-ring (bicyclic) bond motifs is 1. The van der Waals surface area contributed by atoms with E-state index in [1.807, 2.05) is 30.3 Å². The number of benzene rings is 1. The van der Waals surface area contributed by atoms with Crippen LogP contribution in [0.15, 0.2) is 35.3 Å². The van der Waals surface area contributed by atoms with Gasteiger partial charge in [-0.05, 0) is 17.5 Å². The van der Waals surface area contributed by atoms with Crippen molar-refractivity contribution in [2.75, 3.05) is 45.4 Å². The predicted octanol–water partition coefficient (Wildman–Crippen LogP) is 1.78. The highest BCUT2D eigenvalue weighted by atomic mass is 127. The summed E-state index contributed by atoms with van der Waals surface area (Å²) in [6.45, 7) is 1.37. The van der Waals surface area contributed by atoms with Gasteiger partial charge in [0.25, 0.3) is 0 Å². The maximum absolute atomic E-state index is 11.0. The Bertz CT molecular complexity index is 807. The zero-order chi connectivity index (χ0) is 19.0. The molecule has 0 aliphatic heterocycles. The van der Waals surface area contributed by atoms with E-state index in [4.69, 9.17) is 4.74 Å². The van der Waals surface area contributed by atoms with Gasteiger partial charge in [-0.25, -0.2) is 8.42 Å². The Labute approximate surface area is 181 Å². The lowest BCUT2D eigenvalue weighted by atomic mass is 10.2. The third-order valence-corrected chi connectivity index (χ3v) is 5.72. The second kappa shape index (κ2) is 11.8. The summed E-state index contributed by atoms with van der Waals surface area (Å²) in [4.78, 5) is 4.99. The van der Waals surface area contributed by atoms with Crippen molar-refractivity contribution >= 4 is 61.2 Å². The van der Waals surface area contributed by atoms with E-state index in [-0.39, 0.29) is 36.3 Å². The number of ether oxygens (including phenoxy) is 1. The number of aliphatic hydroxyl groups excluding tert-OH is 1. The summed E-state index contributed by atoms with van der Waals surface area (Å²) >= 11 is 1.57. The number of hydrogen-bond acceptors (Lipinski definition) is 6. The van der Waals surface area contributed by atoms with Gasteiger partial charge in [0.1, 0.15) is 15.9 Å². The topological polar surface area (TPSA) is 100 Å². The lowest BCUT2D eigenvalue weighted by Crippen LogP contribution is -2.40. The van der Waals surface area contributed by atoms with Gasteiger partial charge in [0.05, 0.1) is 19.0 Å². The highest BCUT2D eigenvalue weighted by Gasteiger charge is 2.12. The third-order valence-electron chi connectivity index (χ3n) is 3.60. The van der Waals surface area contributed by atoms with E-state index in [0.29, 0.717) is 25.7 Å². The number of nitrogens with zero attached hydrogens (tertiary/aromatic N) is 1. The average molecular weight is 527 g/mol. The van der Waals surface area contributed by atoms with Crippen LogP contribution in [0.25, 0.3) is 10.1 Å². The van der Waals surface area contributed by atoms with Crippen molar-refractivity contribution in [2.24, 2.45) is 4.99 Å². The van der Waals surface area contributed by atoms with Crippen LogP contribution in [0.3, 0.4) is 0 Å². The van der Waals surface area contributed by atoms with Crippen molar-refractivity contribution in [3.63, 3.8) is 0 Å². The Morgan fingerprint density at radius 3 is 2.70 bits per heavy atom. The monoisotopic (exact) mass is 527 g/mol. The Morgan fingerprint density at radius 1 is 1.30 bits per heavy atom. The van der Waals surface area contributed by atoms with Crippen LogP contribution >= 0.6 is 35.3 Å². The van der Waals surface area contributed by atoms with E-state index < -0.39 is 15.9 Å². The first-order valence-electron chi connectivity index (χ1n) is 8.25. The Balaban J connectivity index is 0.00000364. The lowest BCUT2D eigenvalue weighted by Gasteiger charge is -2.14. The van der Waals surface area contributed by atoms with Crippen molar-refractivity contribution in [1.82, 2.24) is 10.6 Å². The van der Waals surface area contributed by atoms with Crippen molar-refractivity contribution in [3.8, 4) is 0 Å². The number of sulfone groups is 1. The van der Waals surface area contributed by atoms with E-state index in [1.165, 1.54) is 6.26 Å². The molecule has 0 aliphatic carbocycles. The summed E-state index contributed by atoms with van der Waals surface area (Å²) in [5.41, 5.74) is 0. The zero-order valence-corrected chi connectivity index (χ0v) is 19.3. The van der Waals surface area contributed by atoms with Gasteiger partial charge in [-0.15, -0.1) is 35.3 Å². The molecule has 1 unspecified atom stereocenters. The first-order valence-corrected chi connectivity index (χ1v) is 11.1. The molecule has 0 radical (unpaired) electrons. The standard InChI is InChI=1S/C17H25N3O4S2.HI/c1-18-17(19-7-8-24-9-10-26(2,22)23)20-12-14(21)16-11-13-5-3-4-6-15(13)25-16;/h3-6,11,14,21H,7-10,12H2,1-2H3,(H2,18,19,20);1H. The van der Waals surface area contributed by atoms with Crippen LogP contribution in [0.4, 0.5) is 0 Å². The van der Waals surface area contributed by atoms with Gasteiger partial charge in [-0.2, -0.15) is 0 Å². The number of halogens is 1. The van der Waals surface area contributed by atoms with E-state index >= 15 is 0 Å². The number of nitrogens with one attached hydrogen (secondary N) is 2. The summed E-state index contributed by atoms with van der Waals surface area (Å²) in [6, 6.07) is 10.0. The quantitative estimate of drug-likeness (QED) is 0.199. The number of hydrogen-bond donors (Lipinski definition) is 3. The molecule has 27 heavy (non-hydrogen) atoms. The van der Waals surface area contributed by atoms with Crippen LogP contribution in [0.1, 0.15) is 11.0 Å². The number of aliphatic imine (C=N–C) groups is 1. The van der Waals surface area contributed by atoms with Crippen molar-refractivity contribution in [3.05, 3.63) is 35.2 Å². The minimum atomic E-state index is -2.99. The molecule has 3 N–H and O–H groups in total. The molecule has 2 aromatic rings. The summed E-state index contributed by atoms with van der Waals surface area (Å²) in [6.07, 6.45) is 0.555. The lowest BCUT2D eigenvalue weighted by molar-refractivity contribution is 0.153. The van der Waals surface area contributed by atoms with Crippen LogP contribution in [0.2, 0.25) is 0 Å². The summed E-state index contributed by atoms with van der Waals surface area (Å²) in [5, 5.41) is 17.6. The second-order valence-electron chi connectivity index (χ2n) is 5.82. The molecule has 0 saturated heterocycles. The molecule has 10 heteroatoms. The first kappa shape index (κ1) is 24.1. The summed E-state index contributed by atoms with van der Waals surface area (Å²) < 4.78 is 28.4. The molecule has 1 aromatic carbocycles. The fraction of sp³-hybridized carbons (Fsp3) is 0.471. The fourth-order valence-corrected chi connectivity index (χ4v) is 3.71. The van der Waals surface area contributed by atoms with Crippen LogP contribution in [0.5, 0.6) is 0 Å². The van der Waals surface area contributed by atoms with Gasteiger partial charge in [0.15, 0.2) is 5.96 Å². The summed E-state index contributed by atoms with van der Waals surface area (Å²) in [7, 11) is -1.35. The maximum atomic E-state index is 11.0. The normalized spacial score (nSPS) is 13.2. The van der Waals surface area contributed by atoms with Crippen LogP contribution in [-0.4, -0.2) is 64.8 Å². The van der Waals surface area contributed by atoms with Gasteiger partial charge in [-0.3, -0.25) is 4.99 Å². The molecule has 0 spiro atoms. The second-order valence-corrected chi connectivity index (χ2v) is 9.20. The molecule has 1 aromatic heterocycles. The fourth-order valence-electron chi connectivity index (χ4n) is 2.24. The maximum Gasteiger partial charge on any atom is 0.191 e. The minimum Gasteiger partial charge on any atom is -0.386 e. The number of rotatable bonds is 9. The minimum absolute atomic E-state index is 0. The van der Waals surface area contributed by atoms with E-state index in [2.05, 4.69) is 15.6 Å². The molecule has 0 fully saturated rings. The molecule has 2 rings (SSSR count). The van der Waals surface area contributed by atoms with Gasteiger partial charge in [-0.1, -0.05) is 18.2 Å². The van der Waals surface area contributed by atoms with Crippen LogP contribution in [0, 0.1) is 0 Å². The Hall–Kier alpha value is -0.950. The highest BCUT2D eigenvalue weighted by Crippen LogP contribution is 2.29. The van der Waals surface area contributed by atoms with Gasteiger partial charge < -0.3 is 20.5 Å². The molecular formula is C17H26IN3O4S2. The predicted molar refractivity (Wildman–Crippen MR) is 122 cm³/mol. The number of aliphatic hydroxyl groups is 1. The smallest absolute Gasteiger partial charge is 0.191 e. The molecule has 152 valence electrons. The average Bonchev–Trinajstić information content (AvgIpc) is 3.03. The van der Waals surface area contributed by atoms with Crippen LogP contribution < -0.4 is 10.6 Å². The number of thiophene rings is 1. The van der Waals surface area contributed by atoms with E-state index in [0.717, 1.165) is 15.0 Å². The SMILES string of the molecule is CN=C(NCCOCCS(C)(=O)=O)NCC(O)c1cc2ccccc2s1.I. The van der Waals surface area contributed by atoms with Crippen molar-refractivity contribution < 1.29 is 18.3 Å². The molecule has 7 nitrogen and oxygen atoms in total.